The first kappa shape index (κ1) is 9.21. The molecule has 14 heavy (non-hydrogen) atoms. The lowest BCUT2D eigenvalue weighted by Gasteiger charge is -2.09. The van der Waals surface area contributed by atoms with Crippen molar-refractivity contribution < 1.29 is 0 Å². The van der Waals surface area contributed by atoms with E-state index in [0.29, 0.717) is 12.5 Å². The van der Waals surface area contributed by atoms with E-state index in [-0.39, 0.29) is 0 Å². The fourth-order valence-electron chi connectivity index (χ4n) is 1.57. The molecule has 2 N–H and O–H groups in total. The molecule has 1 aromatic heterocycles. The number of para-hydroxylation sites is 2. The van der Waals surface area contributed by atoms with Crippen molar-refractivity contribution in [3.8, 4) is 0 Å². The molecule has 3 heteroatoms. The fourth-order valence-corrected chi connectivity index (χ4v) is 1.57. The smallest absolute Gasteiger partial charge is 0.0958 e. The van der Waals surface area contributed by atoms with Gasteiger partial charge in [-0.3, -0.25) is 0 Å². The lowest BCUT2D eigenvalue weighted by Crippen LogP contribution is -2.16. The van der Waals surface area contributed by atoms with Gasteiger partial charge in [0.1, 0.15) is 0 Å². The minimum atomic E-state index is 0.493. The van der Waals surface area contributed by atoms with Gasteiger partial charge in [-0.1, -0.05) is 19.1 Å². The van der Waals surface area contributed by atoms with E-state index < -0.39 is 0 Å². The van der Waals surface area contributed by atoms with Crippen molar-refractivity contribution >= 4 is 11.0 Å². The Morgan fingerprint density at radius 2 is 2.21 bits per heavy atom. The van der Waals surface area contributed by atoms with Crippen LogP contribution in [0.15, 0.2) is 30.6 Å². The number of nitrogens with zero attached hydrogens (tertiary/aromatic N) is 2. The third-order valence-corrected chi connectivity index (χ3v) is 2.44. The summed E-state index contributed by atoms with van der Waals surface area (Å²) in [5, 5.41) is 0. The zero-order chi connectivity index (χ0) is 9.97. The molecule has 0 bridgehead atoms. The third-order valence-electron chi connectivity index (χ3n) is 2.44. The van der Waals surface area contributed by atoms with Gasteiger partial charge >= 0.3 is 0 Å². The van der Waals surface area contributed by atoms with Crippen molar-refractivity contribution in [1.29, 1.82) is 0 Å². The van der Waals surface area contributed by atoms with Gasteiger partial charge < -0.3 is 10.3 Å². The normalized spacial score (nSPS) is 13.3. The van der Waals surface area contributed by atoms with Crippen LogP contribution in [0.5, 0.6) is 0 Å². The predicted octanol–water partition coefficient (Wildman–Crippen LogP) is 1.63. The Labute approximate surface area is 83.6 Å². The molecule has 3 nitrogen and oxygen atoms in total. The molecule has 0 saturated carbocycles. The lowest BCUT2D eigenvalue weighted by molar-refractivity contribution is 0.500. The second-order valence-electron chi connectivity index (χ2n) is 3.73. The summed E-state index contributed by atoms with van der Waals surface area (Å²) >= 11 is 0. The number of benzene rings is 1. The first-order chi connectivity index (χ1) is 6.81. The zero-order valence-corrected chi connectivity index (χ0v) is 8.35. The van der Waals surface area contributed by atoms with Crippen LogP contribution in [-0.2, 0) is 6.54 Å². The van der Waals surface area contributed by atoms with E-state index in [1.54, 1.807) is 0 Å². The summed E-state index contributed by atoms with van der Waals surface area (Å²) in [6.07, 6.45) is 1.89. The van der Waals surface area contributed by atoms with Gasteiger partial charge in [0.05, 0.1) is 17.4 Å². The molecule has 1 atom stereocenters. The molecule has 0 aliphatic rings. The molecule has 0 aliphatic heterocycles. The molecule has 0 saturated heterocycles. The minimum absolute atomic E-state index is 0.493. The highest BCUT2D eigenvalue weighted by molar-refractivity contribution is 5.74. The van der Waals surface area contributed by atoms with E-state index in [4.69, 9.17) is 5.73 Å². The monoisotopic (exact) mass is 189 g/mol. The second kappa shape index (κ2) is 3.80. The van der Waals surface area contributed by atoms with Gasteiger partial charge in [0.2, 0.25) is 0 Å². The van der Waals surface area contributed by atoms with Crippen LogP contribution in [-0.4, -0.2) is 16.1 Å². The maximum Gasteiger partial charge on any atom is 0.0958 e. The average molecular weight is 189 g/mol. The van der Waals surface area contributed by atoms with Crippen LogP contribution < -0.4 is 5.73 Å². The van der Waals surface area contributed by atoms with Gasteiger partial charge in [0.25, 0.3) is 0 Å². The number of aromatic nitrogens is 2. The second-order valence-corrected chi connectivity index (χ2v) is 3.73. The standard InChI is InChI=1S/C11H15N3/c1-9(6-12)7-14-8-13-10-4-2-3-5-11(10)14/h2-5,8-9H,6-7,12H2,1H3. The Bertz CT molecular complexity index is 419. The molecule has 0 spiro atoms. The van der Waals surface area contributed by atoms with E-state index >= 15 is 0 Å². The van der Waals surface area contributed by atoms with Gasteiger partial charge in [-0.25, -0.2) is 4.98 Å². The molecule has 0 fully saturated rings. The zero-order valence-electron chi connectivity index (χ0n) is 8.35. The Hall–Kier alpha value is -1.35. The molecule has 74 valence electrons. The highest BCUT2D eigenvalue weighted by Crippen LogP contribution is 2.13. The van der Waals surface area contributed by atoms with Crippen LogP contribution in [0, 0.1) is 5.92 Å². The van der Waals surface area contributed by atoms with E-state index in [9.17, 15) is 0 Å². The topological polar surface area (TPSA) is 43.8 Å². The summed E-state index contributed by atoms with van der Waals surface area (Å²) < 4.78 is 2.16. The van der Waals surface area contributed by atoms with Crippen molar-refractivity contribution in [2.24, 2.45) is 11.7 Å². The first-order valence-corrected chi connectivity index (χ1v) is 4.91. The average Bonchev–Trinajstić information content (AvgIpc) is 2.62. The molecule has 0 radical (unpaired) electrons. The molecule has 2 rings (SSSR count). The fraction of sp³-hybridized carbons (Fsp3) is 0.364. The van der Waals surface area contributed by atoms with E-state index in [0.717, 1.165) is 12.1 Å². The largest absolute Gasteiger partial charge is 0.330 e. The van der Waals surface area contributed by atoms with Crippen molar-refractivity contribution in [2.75, 3.05) is 6.54 Å². The molecule has 2 aromatic rings. The van der Waals surface area contributed by atoms with Gasteiger partial charge in [-0.15, -0.1) is 0 Å². The van der Waals surface area contributed by atoms with E-state index in [1.807, 2.05) is 24.5 Å². The predicted molar refractivity (Wildman–Crippen MR) is 58.0 cm³/mol. The van der Waals surface area contributed by atoms with Gasteiger partial charge in [-0.2, -0.15) is 0 Å². The van der Waals surface area contributed by atoms with Crippen LogP contribution in [0.25, 0.3) is 11.0 Å². The van der Waals surface area contributed by atoms with Gasteiger partial charge in [0, 0.05) is 6.54 Å². The number of rotatable bonds is 3. The highest BCUT2D eigenvalue weighted by Gasteiger charge is 2.04. The summed E-state index contributed by atoms with van der Waals surface area (Å²) in [7, 11) is 0. The summed E-state index contributed by atoms with van der Waals surface area (Å²) in [5.74, 6) is 0.493. The van der Waals surface area contributed by atoms with Crippen molar-refractivity contribution in [3.05, 3.63) is 30.6 Å². The molecular weight excluding hydrogens is 174 g/mol. The first-order valence-electron chi connectivity index (χ1n) is 4.91. The number of imidazole rings is 1. The SMILES string of the molecule is CC(CN)Cn1cnc2ccccc21. The minimum Gasteiger partial charge on any atom is -0.330 e. The summed E-state index contributed by atoms with van der Waals surface area (Å²) in [4.78, 5) is 4.33. The van der Waals surface area contributed by atoms with Crippen molar-refractivity contribution in [3.63, 3.8) is 0 Å². The number of fused-ring (bicyclic) bond motifs is 1. The molecule has 0 amide bonds. The third kappa shape index (κ3) is 1.63. The van der Waals surface area contributed by atoms with Crippen LogP contribution >= 0.6 is 0 Å². The van der Waals surface area contributed by atoms with Gasteiger partial charge in [-0.05, 0) is 24.6 Å². The van der Waals surface area contributed by atoms with Gasteiger partial charge in [0.15, 0.2) is 0 Å². The number of nitrogens with two attached hydrogens (primary N) is 1. The maximum atomic E-state index is 5.60. The van der Waals surface area contributed by atoms with Crippen LogP contribution in [0.2, 0.25) is 0 Å². The molecule has 1 aromatic carbocycles. The Morgan fingerprint density at radius 1 is 1.43 bits per heavy atom. The maximum absolute atomic E-state index is 5.60. The van der Waals surface area contributed by atoms with E-state index in [2.05, 4.69) is 22.5 Å². The summed E-state index contributed by atoms with van der Waals surface area (Å²) in [5.41, 5.74) is 7.84. The molecule has 1 unspecified atom stereocenters. The Morgan fingerprint density at radius 3 is 3.00 bits per heavy atom. The highest BCUT2D eigenvalue weighted by atomic mass is 15.0. The molecule has 1 heterocycles. The van der Waals surface area contributed by atoms with Crippen LogP contribution in [0.1, 0.15) is 6.92 Å². The lowest BCUT2D eigenvalue weighted by atomic mass is 10.2. The summed E-state index contributed by atoms with van der Waals surface area (Å²) in [6, 6.07) is 8.16. The van der Waals surface area contributed by atoms with Crippen molar-refractivity contribution in [1.82, 2.24) is 9.55 Å². The van der Waals surface area contributed by atoms with Crippen LogP contribution in [0.3, 0.4) is 0 Å². The Balaban J connectivity index is 2.33. The Kier molecular flexibility index (Phi) is 2.50. The summed E-state index contributed by atoms with van der Waals surface area (Å²) in [6.45, 7) is 3.80. The van der Waals surface area contributed by atoms with Crippen molar-refractivity contribution in [2.45, 2.75) is 13.5 Å². The van der Waals surface area contributed by atoms with Crippen LogP contribution in [0.4, 0.5) is 0 Å². The molecule has 0 aliphatic carbocycles. The number of hydrogen-bond donors (Lipinski definition) is 1. The molecular formula is C11H15N3. The quantitative estimate of drug-likeness (QED) is 0.797. The number of hydrogen-bond acceptors (Lipinski definition) is 2. The van der Waals surface area contributed by atoms with E-state index in [1.165, 1.54) is 5.52 Å².